The lowest BCUT2D eigenvalue weighted by molar-refractivity contribution is -0.124. The minimum Gasteiger partial charge on any atom is -0.361 e. The van der Waals surface area contributed by atoms with Crippen LogP contribution in [0.4, 0.5) is 5.69 Å². The first-order valence-electron chi connectivity index (χ1n) is 9.04. The Balaban J connectivity index is 1.31. The summed E-state index contributed by atoms with van der Waals surface area (Å²) in [6.45, 7) is 0. The third-order valence-corrected chi connectivity index (χ3v) is 6.54. The molecule has 1 heterocycles. The lowest BCUT2D eigenvalue weighted by Crippen LogP contribution is -2.47. The highest BCUT2D eigenvalue weighted by Gasteiger charge is 2.51. The van der Waals surface area contributed by atoms with Crippen molar-refractivity contribution in [2.75, 3.05) is 5.32 Å². The molecule has 0 aliphatic heterocycles. The van der Waals surface area contributed by atoms with Crippen LogP contribution in [-0.4, -0.2) is 10.9 Å². The molecular weight excluding hydrogens is 284 g/mol. The normalized spacial score (nSPS) is 34.9. The second-order valence-corrected chi connectivity index (χ2v) is 8.42. The number of hydrogen-bond acceptors (Lipinski definition) is 1. The van der Waals surface area contributed by atoms with Crippen molar-refractivity contribution in [3.05, 3.63) is 30.5 Å². The van der Waals surface area contributed by atoms with E-state index in [4.69, 9.17) is 0 Å². The number of carbonyl (C=O) groups is 1. The number of anilines is 1. The first-order chi connectivity index (χ1) is 11.2. The number of rotatable bonds is 3. The van der Waals surface area contributed by atoms with Crippen molar-refractivity contribution < 1.29 is 4.79 Å². The number of fused-ring (bicyclic) bond motifs is 1. The van der Waals surface area contributed by atoms with E-state index in [0.29, 0.717) is 5.41 Å². The van der Waals surface area contributed by atoms with Crippen LogP contribution in [0.2, 0.25) is 0 Å². The molecule has 3 heteroatoms. The van der Waals surface area contributed by atoms with Gasteiger partial charge in [0.15, 0.2) is 0 Å². The van der Waals surface area contributed by atoms with E-state index in [1.165, 1.54) is 38.5 Å². The van der Waals surface area contributed by atoms with E-state index < -0.39 is 0 Å². The fourth-order valence-electron chi connectivity index (χ4n) is 6.18. The Kier molecular flexibility index (Phi) is 2.88. The van der Waals surface area contributed by atoms with Crippen LogP contribution in [-0.2, 0) is 4.79 Å². The van der Waals surface area contributed by atoms with Crippen LogP contribution < -0.4 is 5.32 Å². The van der Waals surface area contributed by atoms with Crippen molar-refractivity contribution in [3.8, 4) is 0 Å². The molecule has 23 heavy (non-hydrogen) atoms. The van der Waals surface area contributed by atoms with Crippen LogP contribution in [0.1, 0.15) is 44.9 Å². The maximum Gasteiger partial charge on any atom is 0.224 e. The SMILES string of the molecule is O=C(CC12CC3CC(CC(C3)C1)C2)Nc1ccc2[nH]ccc2c1. The maximum atomic E-state index is 12.7. The van der Waals surface area contributed by atoms with Crippen LogP contribution in [0.3, 0.4) is 0 Å². The van der Waals surface area contributed by atoms with Crippen LogP contribution in [0.25, 0.3) is 10.9 Å². The van der Waals surface area contributed by atoms with Gasteiger partial charge in [0.25, 0.3) is 0 Å². The molecule has 0 spiro atoms. The van der Waals surface area contributed by atoms with Crippen LogP contribution in [0.5, 0.6) is 0 Å². The van der Waals surface area contributed by atoms with E-state index in [1.807, 2.05) is 24.4 Å². The van der Waals surface area contributed by atoms with Crippen molar-refractivity contribution in [1.29, 1.82) is 0 Å². The first kappa shape index (κ1) is 13.6. The van der Waals surface area contributed by atoms with Crippen LogP contribution >= 0.6 is 0 Å². The molecular formula is C20H24N2O. The highest BCUT2D eigenvalue weighted by Crippen LogP contribution is 2.61. The van der Waals surface area contributed by atoms with Gasteiger partial charge in [-0.1, -0.05) is 0 Å². The molecule has 4 aliphatic rings. The number of nitrogens with one attached hydrogen (secondary N) is 2. The molecule has 0 saturated heterocycles. The Labute approximate surface area is 136 Å². The summed E-state index contributed by atoms with van der Waals surface area (Å²) in [6.07, 6.45) is 10.9. The molecule has 6 rings (SSSR count). The third-order valence-electron chi connectivity index (χ3n) is 6.54. The minimum atomic E-state index is 0.210. The Morgan fingerprint density at radius 3 is 2.48 bits per heavy atom. The van der Waals surface area contributed by atoms with Gasteiger partial charge < -0.3 is 10.3 Å². The predicted octanol–water partition coefficient (Wildman–Crippen LogP) is 4.71. The summed E-state index contributed by atoms with van der Waals surface area (Å²) in [7, 11) is 0. The third kappa shape index (κ3) is 2.37. The molecule has 1 aromatic carbocycles. The zero-order valence-corrected chi connectivity index (χ0v) is 13.5. The van der Waals surface area contributed by atoms with E-state index in [-0.39, 0.29) is 5.91 Å². The Hall–Kier alpha value is -1.77. The van der Waals surface area contributed by atoms with E-state index in [1.54, 1.807) is 0 Å². The van der Waals surface area contributed by atoms with Gasteiger partial charge in [-0.25, -0.2) is 0 Å². The average Bonchev–Trinajstić information content (AvgIpc) is 2.92. The number of carbonyl (C=O) groups excluding carboxylic acids is 1. The number of hydrogen-bond donors (Lipinski definition) is 2. The molecule has 4 aliphatic carbocycles. The fraction of sp³-hybridized carbons (Fsp3) is 0.550. The minimum absolute atomic E-state index is 0.210. The summed E-state index contributed by atoms with van der Waals surface area (Å²) in [5.74, 6) is 2.93. The summed E-state index contributed by atoms with van der Waals surface area (Å²) in [5.41, 5.74) is 2.35. The quantitative estimate of drug-likeness (QED) is 0.847. The summed E-state index contributed by atoms with van der Waals surface area (Å²) in [5, 5.41) is 4.30. The van der Waals surface area contributed by atoms with Gasteiger partial charge in [-0.05, 0) is 86.0 Å². The molecule has 1 amide bonds. The van der Waals surface area contributed by atoms with Crippen LogP contribution in [0, 0.1) is 23.2 Å². The molecule has 0 unspecified atom stereocenters. The van der Waals surface area contributed by atoms with Crippen molar-refractivity contribution in [2.45, 2.75) is 44.9 Å². The highest BCUT2D eigenvalue weighted by atomic mass is 16.1. The van der Waals surface area contributed by atoms with Crippen molar-refractivity contribution >= 4 is 22.5 Å². The molecule has 4 fully saturated rings. The fourth-order valence-corrected chi connectivity index (χ4v) is 6.18. The molecule has 3 nitrogen and oxygen atoms in total. The van der Waals surface area contributed by atoms with Gasteiger partial charge in [-0.2, -0.15) is 0 Å². The van der Waals surface area contributed by atoms with Crippen molar-refractivity contribution in [3.63, 3.8) is 0 Å². The lowest BCUT2D eigenvalue weighted by Gasteiger charge is -2.56. The van der Waals surface area contributed by atoms with Gasteiger partial charge >= 0.3 is 0 Å². The molecule has 120 valence electrons. The van der Waals surface area contributed by atoms with E-state index in [9.17, 15) is 4.79 Å². The standard InChI is InChI=1S/C20H24N2O/c23-19(22-17-1-2-18-16(8-17)3-4-21-18)12-20-9-13-5-14(10-20)7-15(6-13)11-20/h1-4,8,13-15,21H,5-7,9-12H2,(H,22,23). The van der Waals surface area contributed by atoms with Gasteiger partial charge in [-0.15, -0.1) is 0 Å². The van der Waals surface area contributed by atoms with E-state index in [0.717, 1.165) is 40.8 Å². The van der Waals surface area contributed by atoms with Crippen molar-refractivity contribution in [2.24, 2.45) is 23.2 Å². The number of aromatic nitrogens is 1. The summed E-state index contributed by atoms with van der Waals surface area (Å²) < 4.78 is 0. The largest absolute Gasteiger partial charge is 0.361 e. The zero-order chi connectivity index (χ0) is 15.4. The highest BCUT2D eigenvalue weighted by molar-refractivity contribution is 5.94. The van der Waals surface area contributed by atoms with Gasteiger partial charge in [0, 0.05) is 29.2 Å². The topological polar surface area (TPSA) is 44.9 Å². The van der Waals surface area contributed by atoms with Crippen LogP contribution in [0.15, 0.2) is 30.5 Å². The van der Waals surface area contributed by atoms with Gasteiger partial charge in [0.05, 0.1) is 0 Å². The second kappa shape index (κ2) is 4.86. The Bertz CT molecular complexity index is 725. The molecule has 0 atom stereocenters. The average molecular weight is 308 g/mol. The molecule has 4 saturated carbocycles. The summed E-state index contributed by atoms with van der Waals surface area (Å²) >= 11 is 0. The van der Waals surface area contributed by atoms with Gasteiger partial charge in [-0.3, -0.25) is 4.79 Å². The Morgan fingerprint density at radius 2 is 1.78 bits per heavy atom. The first-order valence-corrected chi connectivity index (χ1v) is 9.04. The predicted molar refractivity (Wildman–Crippen MR) is 92.2 cm³/mol. The number of H-pyrrole nitrogens is 1. The van der Waals surface area contributed by atoms with Gasteiger partial charge in [0.1, 0.15) is 0 Å². The van der Waals surface area contributed by atoms with Gasteiger partial charge in [0.2, 0.25) is 5.91 Å². The molecule has 0 radical (unpaired) electrons. The molecule has 4 bridgehead atoms. The van der Waals surface area contributed by atoms with E-state index >= 15 is 0 Å². The Morgan fingerprint density at radius 1 is 1.09 bits per heavy atom. The number of benzene rings is 1. The molecule has 1 aromatic heterocycles. The number of aromatic amines is 1. The summed E-state index contributed by atoms with van der Waals surface area (Å²) in [6, 6.07) is 8.14. The molecule has 2 aromatic rings. The smallest absolute Gasteiger partial charge is 0.224 e. The lowest BCUT2D eigenvalue weighted by atomic mass is 9.49. The van der Waals surface area contributed by atoms with Crippen molar-refractivity contribution in [1.82, 2.24) is 4.98 Å². The number of amides is 1. The zero-order valence-electron chi connectivity index (χ0n) is 13.5. The monoisotopic (exact) mass is 308 g/mol. The van der Waals surface area contributed by atoms with E-state index in [2.05, 4.69) is 16.4 Å². The maximum absolute atomic E-state index is 12.7. The molecule has 2 N–H and O–H groups in total. The second-order valence-electron chi connectivity index (χ2n) is 8.42. The summed E-state index contributed by atoms with van der Waals surface area (Å²) in [4.78, 5) is 15.8.